The first-order valence-electron chi connectivity index (χ1n) is 5.17. The summed E-state index contributed by atoms with van der Waals surface area (Å²) in [5.74, 6) is -0.738. The Kier molecular flexibility index (Phi) is 2.42. The van der Waals surface area contributed by atoms with Crippen molar-refractivity contribution >= 4 is 5.97 Å². The molecule has 0 aliphatic heterocycles. The van der Waals surface area contributed by atoms with Crippen molar-refractivity contribution in [3.8, 4) is 0 Å². The first-order valence-corrected chi connectivity index (χ1v) is 5.17. The fraction of sp³-hybridized carbons (Fsp3) is 0.545. The minimum absolute atomic E-state index is 0.705. The van der Waals surface area contributed by atoms with Crippen molar-refractivity contribution in [2.24, 2.45) is 0 Å². The van der Waals surface area contributed by atoms with Gasteiger partial charge in [0, 0.05) is 17.5 Å². The van der Waals surface area contributed by atoms with E-state index in [1.807, 2.05) is 6.92 Å². The van der Waals surface area contributed by atoms with Crippen molar-refractivity contribution in [1.82, 2.24) is 9.97 Å². The van der Waals surface area contributed by atoms with Crippen LogP contribution in [0.1, 0.15) is 36.9 Å². The summed E-state index contributed by atoms with van der Waals surface area (Å²) in [5.41, 5.74) is 0.843. The normalized spacial score (nSPS) is 19.0. The SMILES string of the molecule is Cc1ncncc1C1(C(=O)O)CCCC1. The van der Waals surface area contributed by atoms with Gasteiger partial charge in [-0.1, -0.05) is 12.8 Å². The molecule has 2 rings (SSSR count). The van der Waals surface area contributed by atoms with Crippen LogP contribution >= 0.6 is 0 Å². The molecule has 1 fully saturated rings. The highest BCUT2D eigenvalue weighted by molar-refractivity contribution is 5.82. The molecule has 4 nitrogen and oxygen atoms in total. The first-order chi connectivity index (χ1) is 7.17. The minimum atomic E-state index is -0.738. The van der Waals surface area contributed by atoms with E-state index in [0.717, 1.165) is 24.1 Å². The van der Waals surface area contributed by atoms with E-state index in [4.69, 9.17) is 0 Å². The van der Waals surface area contributed by atoms with Gasteiger partial charge in [-0.2, -0.15) is 0 Å². The molecule has 0 bridgehead atoms. The van der Waals surface area contributed by atoms with Gasteiger partial charge >= 0.3 is 5.97 Å². The molecule has 1 saturated carbocycles. The van der Waals surface area contributed by atoms with Gasteiger partial charge in [-0.15, -0.1) is 0 Å². The summed E-state index contributed by atoms with van der Waals surface area (Å²) in [6.07, 6.45) is 6.47. The van der Waals surface area contributed by atoms with Crippen LogP contribution in [0.2, 0.25) is 0 Å². The van der Waals surface area contributed by atoms with Crippen LogP contribution in [-0.2, 0) is 10.2 Å². The second-order valence-corrected chi connectivity index (χ2v) is 4.12. The van der Waals surface area contributed by atoms with Crippen LogP contribution in [0, 0.1) is 6.92 Å². The summed E-state index contributed by atoms with van der Waals surface area (Å²) in [7, 11) is 0. The van der Waals surface area contributed by atoms with Crippen LogP contribution < -0.4 is 0 Å². The van der Waals surface area contributed by atoms with Gasteiger partial charge in [-0.25, -0.2) is 9.97 Å². The number of aryl methyl sites for hydroxylation is 1. The Hall–Kier alpha value is -1.45. The van der Waals surface area contributed by atoms with E-state index in [1.54, 1.807) is 6.20 Å². The third-order valence-electron chi connectivity index (χ3n) is 3.29. The van der Waals surface area contributed by atoms with Crippen molar-refractivity contribution < 1.29 is 9.90 Å². The Bertz CT molecular complexity index is 384. The number of hydrogen-bond donors (Lipinski definition) is 1. The molecule has 0 aromatic carbocycles. The maximum Gasteiger partial charge on any atom is 0.314 e. The Labute approximate surface area is 88.4 Å². The topological polar surface area (TPSA) is 63.1 Å². The molecular formula is C11H14N2O2. The van der Waals surface area contributed by atoms with Crippen LogP contribution in [0.15, 0.2) is 12.5 Å². The van der Waals surface area contributed by atoms with Gasteiger partial charge in [0.1, 0.15) is 6.33 Å². The zero-order chi connectivity index (χ0) is 10.9. The van der Waals surface area contributed by atoms with E-state index < -0.39 is 11.4 Å². The van der Waals surface area contributed by atoms with Gasteiger partial charge in [0.05, 0.1) is 5.41 Å². The summed E-state index contributed by atoms with van der Waals surface area (Å²) in [5, 5.41) is 9.39. The van der Waals surface area contributed by atoms with E-state index in [0.29, 0.717) is 12.8 Å². The molecule has 0 amide bonds. The summed E-state index contributed by atoms with van der Waals surface area (Å²) < 4.78 is 0. The summed E-state index contributed by atoms with van der Waals surface area (Å²) in [4.78, 5) is 19.4. The van der Waals surface area contributed by atoms with Crippen LogP contribution in [-0.4, -0.2) is 21.0 Å². The summed E-state index contributed by atoms with van der Waals surface area (Å²) in [6.45, 7) is 1.85. The number of rotatable bonds is 2. The predicted octanol–water partition coefficient (Wildman–Crippen LogP) is 1.68. The highest BCUT2D eigenvalue weighted by Crippen LogP contribution is 2.41. The molecule has 15 heavy (non-hydrogen) atoms. The van der Waals surface area contributed by atoms with Crippen molar-refractivity contribution in [2.75, 3.05) is 0 Å². The number of carbonyl (C=O) groups is 1. The van der Waals surface area contributed by atoms with E-state index in [1.165, 1.54) is 6.33 Å². The molecule has 4 heteroatoms. The Morgan fingerprint density at radius 1 is 1.47 bits per heavy atom. The Balaban J connectivity index is 2.50. The third-order valence-corrected chi connectivity index (χ3v) is 3.29. The van der Waals surface area contributed by atoms with Crippen LogP contribution in [0.4, 0.5) is 0 Å². The monoisotopic (exact) mass is 206 g/mol. The molecule has 80 valence electrons. The van der Waals surface area contributed by atoms with Crippen molar-refractivity contribution in [1.29, 1.82) is 0 Å². The maximum absolute atomic E-state index is 11.4. The fourth-order valence-electron chi connectivity index (χ4n) is 2.44. The molecule has 1 aliphatic carbocycles. The number of hydrogen-bond acceptors (Lipinski definition) is 3. The quantitative estimate of drug-likeness (QED) is 0.799. The second kappa shape index (κ2) is 3.61. The van der Waals surface area contributed by atoms with Crippen LogP contribution in [0.3, 0.4) is 0 Å². The number of nitrogens with zero attached hydrogens (tertiary/aromatic N) is 2. The molecule has 1 N–H and O–H groups in total. The van der Waals surface area contributed by atoms with Crippen LogP contribution in [0.5, 0.6) is 0 Å². The lowest BCUT2D eigenvalue weighted by Gasteiger charge is -2.24. The lowest BCUT2D eigenvalue weighted by molar-refractivity contribution is -0.143. The van der Waals surface area contributed by atoms with E-state index in [2.05, 4.69) is 9.97 Å². The predicted molar refractivity (Wildman–Crippen MR) is 54.6 cm³/mol. The minimum Gasteiger partial charge on any atom is -0.481 e. The molecule has 1 heterocycles. The Morgan fingerprint density at radius 2 is 2.13 bits per heavy atom. The van der Waals surface area contributed by atoms with Crippen molar-refractivity contribution in [3.63, 3.8) is 0 Å². The first kappa shape index (κ1) is 10.1. The summed E-state index contributed by atoms with van der Waals surface area (Å²) >= 11 is 0. The molecule has 1 aromatic heterocycles. The average molecular weight is 206 g/mol. The smallest absolute Gasteiger partial charge is 0.314 e. The van der Waals surface area contributed by atoms with E-state index in [9.17, 15) is 9.90 Å². The highest BCUT2D eigenvalue weighted by atomic mass is 16.4. The van der Waals surface area contributed by atoms with Crippen molar-refractivity contribution in [2.45, 2.75) is 38.0 Å². The average Bonchev–Trinajstić information content (AvgIpc) is 2.68. The maximum atomic E-state index is 11.4. The number of aliphatic carboxylic acids is 1. The number of aromatic nitrogens is 2. The zero-order valence-electron chi connectivity index (χ0n) is 8.73. The molecule has 0 spiro atoms. The van der Waals surface area contributed by atoms with E-state index in [-0.39, 0.29) is 0 Å². The van der Waals surface area contributed by atoms with Crippen LogP contribution in [0.25, 0.3) is 0 Å². The fourth-order valence-corrected chi connectivity index (χ4v) is 2.44. The molecule has 0 saturated heterocycles. The lowest BCUT2D eigenvalue weighted by atomic mass is 9.79. The standard InChI is InChI=1S/C11H14N2O2/c1-8-9(6-12-7-13-8)11(10(14)15)4-2-3-5-11/h6-7H,2-5H2,1H3,(H,14,15). The van der Waals surface area contributed by atoms with Gasteiger partial charge in [0.25, 0.3) is 0 Å². The van der Waals surface area contributed by atoms with Gasteiger partial charge in [0.15, 0.2) is 0 Å². The molecule has 1 aliphatic rings. The van der Waals surface area contributed by atoms with Crippen molar-refractivity contribution in [3.05, 3.63) is 23.8 Å². The molecular weight excluding hydrogens is 192 g/mol. The van der Waals surface area contributed by atoms with E-state index >= 15 is 0 Å². The molecule has 1 aromatic rings. The lowest BCUT2D eigenvalue weighted by Crippen LogP contribution is -2.33. The van der Waals surface area contributed by atoms with Gasteiger partial charge in [0.2, 0.25) is 0 Å². The molecule has 0 unspecified atom stereocenters. The summed E-state index contributed by atoms with van der Waals surface area (Å²) in [6, 6.07) is 0. The second-order valence-electron chi connectivity index (χ2n) is 4.12. The molecule has 0 radical (unpaired) electrons. The molecule has 0 atom stereocenters. The zero-order valence-corrected chi connectivity index (χ0v) is 8.73. The highest BCUT2D eigenvalue weighted by Gasteiger charge is 2.44. The van der Waals surface area contributed by atoms with Gasteiger partial charge in [-0.05, 0) is 19.8 Å². The largest absolute Gasteiger partial charge is 0.481 e. The number of carboxylic acid groups (broad SMARTS) is 1. The Morgan fingerprint density at radius 3 is 2.67 bits per heavy atom. The number of carboxylic acids is 1. The van der Waals surface area contributed by atoms with Gasteiger partial charge in [-0.3, -0.25) is 4.79 Å². The third kappa shape index (κ3) is 1.50. The van der Waals surface area contributed by atoms with Gasteiger partial charge < -0.3 is 5.11 Å².